The zero-order valence-corrected chi connectivity index (χ0v) is 8.47. The van der Waals surface area contributed by atoms with Gasteiger partial charge in [-0.2, -0.15) is 0 Å². The van der Waals surface area contributed by atoms with Crippen molar-refractivity contribution in [2.24, 2.45) is 0 Å². The molecule has 0 radical (unpaired) electrons. The topological polar surface area (TPSA) is 0 Å². The second-order valence-corrected chi connectivity index (χ2v) is 3.54. The minimum Gasteiger partial charge on any atom is -0.0613 e. The average Bonchev–Trinajstić information content (AvgIpc) is 1.95. The van der Waals surface area contributed by atoms with Crippen LogP contribution in [0.3, 0.4) is 0 Å². The lowest BCUT2D eigenvalue weighted by Crippen LogP contribution is -1.87. The van der Waals surface area contributed by atoms with Crippen LogP contribution in [-0.2, 0) is 6.42 Å². The SMILES string of the molecule is CCc1cccc(I)c1C. The van der Waals surface area contributed by atoms with Gasteiger partial charge in [0.1, 0.15) is 0 Å². The van der Waals surface area contributed by atoms with Crippen LogP contribution in [0.2, 0.25) is 0 Å². The van der Waals surface area contributed by atoms with Crippen molar-refractivity contribution >= 4 is 22.6 Å². The summed E-state index contributed by atoms with van der Waals surface area (Å²) in [5.41, 5.74) is 2.90. The van der Waals surface area contributed by atoms with E-state index in [0.29, 0.717) is 0 Å². The molecule has 0 aliphatic carbocycles. The summed E-state index contributed by atoms with van der Waals surface area (Å²) in [6.07, 6.45) is 1.14. The number of hydrogen-bond donors (Lipinski definition) is 0. The van der Waals surface area contributed by atoms with Gasteiger partial charge in [0.25, 0.3) is 0 Å². The van der Waals surface area contributed by atoms with Crippen LogP contribution in [0.15, 0.2) is 18.2 Å². The van der Waals surface area contributed by atoms with Gasteiger partial charge < -0.3 is 0 Å². The molecular weight excluding hydrogens is 235 g/mol. The molecular formula is C9H11I. The fourth-order valence-corrected chi connectivity index (χ4v) is 1.59. The maximum Gasteiger partial charge on any atom is 0.0162 e. The summed E-state index contributed by atoms with van der Waals surface area (Å²) >= 11 is 2.37. The fourth-order valence-electron chi connectivity index (χ4n) is 1.04. The zero-order valence-electron chi connectivity index (χ0n) is 6.32. The summed E-state index contributed by atoms with van der Waals surface area (Å²) in [5.74, 6) is 0. The third kappa shape index (κ3) is 1.51. The smallest absolute Gasteiger partial charge is 0.0162 e. The van der Waals surface area contributed by atoms with E-state index < -0.39 is 0 Å². The molecule has 0 aromatic heterocycles. The van der Waals surface area contributed by atoms with Gasteiger partial charge in [0.15, 0.2) is 0 Å². The van der Waals surface area contributed by atoms with E-state index in [4.69, 9.17) is 0 Å². The molecule has 0 aliphatic heterocycles. The molecule has 0 unspecified atom stereocenters. The van der Waals surface area contributed by atoms with Gasteiger partial charge in [0, 0.05) is 3.57 Å². The molecule has 0 spiro atoms. The van der Waals surface area contributed by atoms with Crippen molar-refractivity contribution in [3.8, 4) is 0 Å². The van der Waals surface area contributed by atoms with Crippen molar-refractivity contribution in [1.82, 2.24) is 0 Å². The van der Waals surface area contributed by atoms with E-state index in [-0.39, 0.29) is 0 Å². The van der Waals surface area contributed by atoms with Gasteiger partial charge in [0.2, 0.25) is 0 Å². The molecule has 1 rings (SSSR count). The molecule has 0 nitrogen and oxygen atoms in total. The van der Waals surface area contributed by atoms with Crippen molar-refractivity contribution < 1.29 is 0 Å². The summed E-state index contributed by atoms with van der Waals surface area (Å²) in [5, 5.41) is 0. The van der Waals surface area contributed by atoms with E-state index >= 15 is 0 Å². The van der Waals surface area contributed by atoms with Crippen LogP contribution in [0.1, 0.15) is 18.1 Å². The highest BCUT2D eigenvalue weighted by Crippen LogP contribution is 2.15. The quantitative estimate of drug-likeness (QED) is 0.667. The van der Waals surface area contributed by atoms with Crippen LogP contribution in [0.25, 0.3) is 0 Å². The van der Waals surface area contributed by atoms with Crippen LogP contribution in [0, 0.1) is 10.5 Å². The molecule has 0 saturated heterocycles. The first-order chi connectivity index (χ1) is 4.75. The van der Waals surface area contributed by atoms with Crippen LogP contribution in [-0.4, -0.2) is 0 Å². The van der Waals surface area contributed by atoms with E-state index in [1.807, 2.05) is 0 Å². The Morgan fingerprint density at radius 3 is 2.60 bits per heavy atom. The third-order valence-corrected chi connectivity index (χ3v) is 2.93. The molecule has 0 atom stereocenters. The highest BCUT2D eigenvalue weighted by molar-refractivity contribution is 14.1. The Hall–Kier alpha value is -0.0500. The Balaban J connectivity index is 3.14. The van der Waals surface area contributed by atoms with Crippen molar-refractivity contribution in [1.29, 1.82) is 0 Å². The summed E-state index contributed by atoms with van der Waals surface area (Å²) in [6, 6.07) is 6.46. The van der Waals surface area contributed by atoms with Gasteiger partial charge in [-0.3, -0.25) is 0 Å². The van der Waals surface area contributed by atoms with E-state index in [0.717, 1.165) is 6.42 Å². The Morgan fingerprint density at radius 2 is 2.10 bits per heavy atom. The third-order valence-electron chi connectivity index (χ3n) is 1.76. The first-order valence-corrected chi connectivity index (χ1v) is 4.57. The lowest BCUT2D eigenvalue weighted by Gasteiger charge is -2.02. The first-order valence-electron chi connectivity index (χ1n) is 3.49. The molecule has 0 N–H and O–H groups in total. The monoisotopic (exact) mass is 246 g/mol. The molecule has 0 bridgehead atoms. The van der Waals surface area contributed by atoms with Gasteiger partial charge >= 0.3 is 0 Å². The van der Waals surface area contributed by atoms with Crippen molar-refractivity contribution in [3.63, 3.8) is 0 Å². The zero-order chi connectivity index (χ0) is 7.56. The van der Waals surface area contributed by atoms with Crippen molar-refractivity contribution in [2.75, 3.05) is 0 Å². The maximum atomic E-state index is 2.37. The van der Waals surface area contributed by atoms with Crippen molar-refractivity contribution in [2.45, 2.75) is 20.3 Å². The van der Waals surface area contributed by atoms with Gasteiger partial charge in [-0.25, -0.2) is 0 Å². The number of benzene rings is 1. The molecule has 1 aromatic carbocycles. The van der Waals surface area contributed by atoms with Crippen LogP contribution in [0.4, 0.5) is 0 Å². The molecule has 1 aromatic rings. The summed E-state index contributed by atoms with van der Waals surface area (Å²) in [4.78, 5) is 0. The fraction of sp³-hybridized carbons (Fsp3) is 0.333. The van der Waals surface area contributed by atoms with Crippen LogP contribution >= 0.6 is 22.6 Å². The van der Waals surface area contributed by atoms with E-state index in [1.54, 1.807) is 0 Å². The van der Waals surface area contributed by atoms with Gasteiger partial charge in [-0.1, -0.05) is 19.1 Å². The molecule has 1 heteroatoms. The molecule has 54 valence electrons. The highest BCUT2D eigenvalue weighted by atomic mass is 127. The summed E-state index contributed by atoms with van der Waals surface area (Å²) in [7, 11) is 0. The lowest BCUT2D eigenvalue weighted by molar-refractivity contribution is 1.10. The lowest BCUT2D eigenvalue weighted by atomic mass is 10.1. The predicted molar refractivity (Wildman–Crippen MR) is 53.3 cm³/mol. The minimum absolute atomic E-state index is 1.14. The largest absolute Gasteiger partial charge is 0.0613 e. The highest BCUT2D eigenvalue weighted by Gasteiger charge is 1.96. The van der Waals surface area contributed by atoms with E-state index in [9.17, 15) is 0 Å². The molecule has 0 amide bonds. The second kappa shape index (κ2) is 3.37. The standard InChI is InChI=1S/C9H11I/c1-3-8-5-4-6-9(10)7(8)2/h4-6H,3H2,1-2H3. The Morgan fingerprint density at radius 1 is 1.40 bits per heavy atom. The van der Waals surface area contributed by atoms with Gasteiger partial charge in [-0.15, -0.1) is 0 Å². The Kier molecular flexibility index (Phi) is 2.72. The summed E-state index contributed by atoms with van der Waals surface area (Å²) < 4.78 is 1.37. The first kappa shape index (κ1) is 8.05. The molecule has 10 heavy (non-hydrogen) atoms. The van der Waals surface area contributed by atoms with E-state index in [2.05, 4.69) is 54.6 Å². The average molecular weight is 246 g/mol. The van der Waals surface area contributed by atoms with E-state index in [1.165, 1.54) is 14.7 Å². The number of aryl methyl sites for hydroxylation is 1. The molecule has 0 heterocycles. The van der Waals surface area contributed by atoms with Crippen LogP contribution in [0.5, 0.6) is 0 Å². The molecule has 0 aliphatic rings. The molecule has 0 saturated carbocycles. The minimum atomic E-state index is 1.14. The van der Waals surface area contributed by atoms with Crippen LogP contribution < -0.4 is 0 Å². The second-order valence-electron chi connectivity index (χ2n) is 2.38. The number of hydrogen-bond acceptors (Lipinski definition) is 0. The Bertz CT molecular complexity index is 228. The number of halogens is 1. The number of rotatable bonds is 1. The molecule has 0 fully saturated rings. The normalized spacial score (nSPS) is 9.90. The Labute approximate surface area is 75.8 Å². The summed E-state index contributed by atoms with van der Waals surface area (Å²) in [6.45, 7) is 4.37. The predicted octanol–water partition coefficient (Wildman–Crippen LogP) is 3.16. The maximum absolute atomic E-state index is 2.37. The van der Waals surface area contributed by atoms with Gasteiger partial charge in [-0.05, 0) is 53.1 Å². The van der Waals surface area contributed by atoms with Crippen molar-refractivity contribution in [3.05, 3.63) is 32.9 Å². The van der Waals surface area contributed by atoms with Gasteiger partial charge in [0.05, 0.1) is 0 Å².